The van der Waals surface area contributed by atoms with E-state index in [0.29, 0.717) is 45.6 Å². The fraction of sp³-hybridized carbons (Fsp3) is 0.769. The molecule has 3 amide bonds. The van der Waals surface area contributed by atoms with Gasteiger partial charge in [-0.25, -0.2) is 14.4 Å². The fourth-order valence-electron chi connectivity index (χ4n) is 2.09. The van der Waals surface area contributed by atoms with Gasteiger partial charge in [0.1, 0.15) is 6.04 Å². The highest BCUT2D eigenvalue weighted by Crippen LogP contribution is 2.05. The first-order chi connectivity index (χ1) is 9.99. The molecule has 0 aromatic carbocycles. The molecule has 0 bridgehead atoms. The number of carbonyl (C=O) groups is 3. The van der Waals surface area contributed by atoms with Crippen LogP contribution in [0.5, 0.6) is 0 Å². The number of carbonyl (C=O) groups excluding carboxylic acids is 2. The maximum absolute atomic E-state index is 12.0. The van der Waals surface area contributed by atoms with E-state index in [1.807, 2.05) is 6.92 Å². The summed E-state index contributed by atoms with van der Waals surface area (Å²) in [4.78, 5) is 37.6. The second-order valence-electron chi connectivity index (χ2n) is 4.80. The molecule has 1 fully saturated rings. The number of amides is 3. The van der Waals surface area contributed by atoms with Crippen molar-refractivity contribution >= 4 is 18.1 Å². The molecule has 8 nitrogen and oxygen atoms in total. The second-order valence-corrected chi connectivity index (χ2v) is 4.80. The predicted molar refractivity (Wildman–Crippen MR) is 75.0 cm³/mol. The molecule has 1 heterocycles. The van der Waals surface area contributed by atoms with Gasteiger partial charge in [-0.05, 0) is 13.3 Å². The lowest BCUT2D eigenvalue weighted by Gasteiger charge is -2.34. The highest BCUT2D eigenvalue weighted by Gasteiger charge is 2.27. The van der Waals surface area contributed by atoms with E-state index in [1.54, 1.807) is 6.92 Å². The smallest absolute Gasteiger partial charge is 0.409 e. The summed E-state index contributed by atoms with van der Waals surface area (Å²) >= 11 is 0. The molecule has 1 aliphatic heterocycles. The van der Waals surface area contributed by atoms with Crippen LogP contribution < -0.4 is 5.32 Å². The normalized spacial score (nSPS) is 16.3. The Morgan fingerprint density at radius 1 is 1.14 bits per heavy atom. The van der Waals surface area contributed by atoms with Crippen molar-refractivity contribution in [2.24, 2.45) is 0 Å². The molecule has 0 spiro atoms. The molecule has 0 aromatic heterocycles. The Morgan fingerprint density at radius 2 is 1.71 bits per heavy atom. The van der Waals surface area contributed by atoms with Crippen LogP contribution in [-0.2, 0) is 9.53 Å². The highest BCUT2D eigenvalue weighted by atomic mass is 16.6. The molecular weight excluding hydrogens is 278 g/mol. The first kappa shape index (κ1) is 17.1. The van der Waals surface area contributed by atoms with Crippen molar-refractivity contribution in [3.63, 3.8) is 0 Å². The van der Waals surface area contributed by atoms with Crippen LogP contribution in [0, 0.1) is 0 Å². The minimum atomic E-state index is -1.03. The van der Waals surface area contributed by atoms with E-state index in [0.717, 1.165) is 0 Å². The van der Waals surface area contributed by atoms with E-state index < -0.39 is 18.0 Å². The zero-order chi connectivity index (χ0) is 15.8. The number of nitrogens with zero attached hydrogens (tertiary/aromatic N) is 2. The monoisotopic (exact) mass is 301 g/mol. The Labute approximate surface area is 124 Å². The SMILES string of the molecule is CCC[C@@H](NC(=O)N1CCN(C(=O)OCC)CC1)C(=O)O. The number of carboxylic acid groups (broad SMARTS) is 1. The minimum Gasteiger partial charge on any atom is -0.480 e. The van der Waals surface area contributed by atoms with E-state index in [-0.39, 0.29) is 6.09 Å². The molecule has 0 aliphatic carbocycles. The average molecular weight is 301 g/mol. The van der Waals surface area contributed by atoms with Crippen molar-refractivity contribution in [3.8, 4) is 0 Å². The van der Waals surface area contributed by atoms with E-state index >= 15 is 0 Å². The molecular formula is C13H23N3O5. The summed E-state index contributed by atoms with van der Waals surface area (Å²) in [5.41, 5.74) is 0. The summed E-state index contributed by atoms with van der Waals surface area (Å²) in [5.74, 6) is -1.03. The number of nitrogens with one attached hydrogen (secondary N) is 1. The van der Waals surface area contributed by atoms with Crippen LogP contribution >= 0.6 is 0 Å². The number of hydrogen-bond acceptors (Lipinski definition) is 4. The Bertz CT molecular complexity index is 380. The van der Waals surface area contributed by atoms with Gasteiger partial charge in [0, 0.05) is 26.2 Å². The molecule has 21 heavy (non-hydrogen) atoms. The molecule has 0 saturated carbocycles. The maximum atomic E-state index is 12.0. The number of ether oxygens (including phenoxy) is 1. The number of piperazine rings is 1. The molecule has 2 N–H and O–H groups in total. The van der Waals surface area contributed by atoms with Crippen LogP contribution in [0.25, 0.3) is 0 Å². The Kier molecular flexibility index (Phi) is 6.77. The molecule has 8 heteroatoms. The molecule has 1 atom stereocenters. The summed E-state index contributed by atoms with van der Waals surface area (Å²) in [5, 5.41) is 11.5. The van der Waals surface area contributed by atoms with E-state index in [4.69, 9.17) is 9.84 Å². The third-order valence-electron chi connectivity index (χ3n) is 3.27. The third-order valence-corrected chi connectivity index (χ3v) is 3.27. The van der Waals surface area contributed by atoms with Crippen molar-refractivity contribution in [2.45, 2.75) is 32.7 Å². The topological polar surface area (TPSA) is 99.2 Å². The van der Waals surface area contributed by atoms with Gasteiger partial charge in [0.15, 0.2) is 0 Å². The van der Waals surface area contributed by atoms with Gasteiger partial charge < -0.3 is 25.0 Å². The van der Waals surface area contributed by atoms with Crippen LogP contribution in [0.1, 0.15) is 26.7 Å². The minimum absolute atomic E-state index is 0.316. The first-order valence-corrected chi connectivity index (χ1v) is 7.19. The van der Waals surface area contributed by atoms with Crippen molar-refractivity contribution < 1.29 is 24.2 Å². The summed E-state index contributed by atoms with van der Waals surface area (Å²) in [6.45, 7) is 5.42. The molecule has 1 saturated heterocycles. The van der Waals surface area contributed by atoms with Gasteiger partial charge in [-0.2, -0.15) is 0 Å². The molecule has 120 valence electrons. The number of urea groups is 1. The standard InChI is InChI=1S/C13H23N3O5/c1-3-5-10(11(17)18)14-12(19)15-6-8-16(9-7-15)13(20)21-4-2/h10H,3-9H2,1-2H3,(H,14,19)(H,17,18)/t10-/m1/s1. The van der Waals surface area contributed by atoms with Gasteiger partial charge in [-0.3, -0.25) is 0 Å². The average Bonchev–Trinajstić information content (AvgIpc) is 2.47. The van der Waals surface area contributed by atoms with Crippen LogP contribution in [-0.4, -0.2) is 71.8 Å². The van der Waals surface area contributed by atoms with Crippen molar-refractivity contribution in [3.05, 3.63) is 0 Å². The van der Waals surface area contributed by atoms with E-state index in [9.17, 15) is 14.4 Å². The maximum Gasteiger partial charge on any atom is 0.409 e. The lowest BCUT2D eigenvalue weighted by Crippen LogP contribution is -2.55. The Balaban J connectivity index is 2.44. The van der Waals surface area contributed by atoms with Gasteiger partial charge in [0.05, 0.1) is 6.61 Å². The van der Waals surface area contributed by atoms with Gasteiger partial charge in [0.2, 0.25) is 0 Å². The summed E-state index contributed by atoms with van der Waals surface area (Å²) in [6.07, 6.45) is 0.685. The molecule has 0 unspecified atom stereocenters. The fourth-order valence-corrected chi connectivity index (χ4v) is 2.09. The van der Waals surface area contributed by atoms with Crippen molar-refractivity contribution in [1.29, 1.82) is 0 Å². The van der Waals surface area contributed by atoms with Gasteiger partial charge in [0.25, 0.3) is 0 Å². The zero-order valence-corrected chi connectivity index (χ0v) is 12.5. The van der Waals surface area contributed by atoms with Crippen LogP contribution in [0.3, 0.4) is 0 Å². The number of rotatable bonds is 5. The van der Waals surface area contributed by atoms with E-state index in [2.05, 4.69) is 5.32 Å². The predicted octanol–water partition coefficient (Wildman–Crippen LogP) is 0.723. The van der Waals surface area contributed by atoms with Crippen molar-refractivity contribution in [1.82, 2.24) is 15.1 Å². The summed E-state index contributed by atoms with van der Waals surface area (Å²) in [6, 6.07) is -1.27. The zero-order valence-electron chi connectivity index (χ0n) is 12.5. The Hall–Kier alpha value is -1.99. The highest BCUT2D eigenvalue weighted by molar-refractivity contribution is 5.82. The molecule has 1 aliphatic rings. The largest absolute Gasteiger partial charge is 0.480 e. The van der Waals surface area contributed by atoms with Crippen molar-refractivity contribution in [2.75, 3.05) is 32.8 Å². The lowest BCUT2D eigenvalue weighted by molar-refractivity contribution is -0.139. The second kappa shape index (κ2) is 8.33. The molecule has 0 radical (unpaired) electrons. The van der Waals surface area contributed by atoms with Gasteiger partial charge >= 0.3 is 18.1 Å². The molecule has 0 aromatic rings. The first-order valence-electron chi connectivity index (χ1n) is 7.19. The van der Waals surface area contributed by atoms with E-state index in [1.165, 1.54) is 9.80 Å². The van der Waals surface area contributed by atoms with Crippen LogP contribution in [0.4, 0.5) is 9.59 Å². The molecule has 1 rings (SSSR count). The van der Waals surface area contributed by atoms with Crippen LogP contribution in [0.2, 0.25) is 0 Å². The van der Waals surface area contributed by atoms with Crippen LogP contribution in [0.15, 0.2) is 0 Å². The van der Waals surface area contributed by atoms with Gasteiger partial charge in [-0.15, -0.1) is 0 Å². The number of aliphatic carboxylic acids is 1. The third kappa shape index (κ3) is 5.13. The number of carboxylic acids is 1. The van der Waals surface area contributed by atoms with Gasteiger partial charge in [-0.1, -0.05) is 13.3 Å². The lowest BCUT2D eigenvalue weighted by atomic mass is 10.2. The summed E-state index contributed by atoms with van der Waals surface area (Å²) < 4.78 is 4.90. The Morgan fingerprint density at radius 3 is 2.19 bits per heavy atom. The number of hydrogen-bond donors (Lipinski definition) is 2. The summed E-state index contributed by atoms with van der Waals surface area (Å²) in [7, 11) is 0. The quantitative estimate of drug-likeness (QED) is 0.779.